The Balaban J connectivity index is 2.10. The molecule has 6 heteroatoms. The van der Waals surface area contributed by atoms with Gasteiger partial charge in [-0.2, -0.15) is 0 Å². The molecule has 2 unspecified atom stereocenters. The van der Waals surface area contributed by atoms with Crippen LogP contribution in [0.3, 0.4) is 0 Å². The van der Waals surface area contributed by atoms with E-state index in [4.69, 9.17) is 10.5 Å². The lowest BCUT2D eigenvalue weighted by molar-refractivity contribution is 0.0136. The quantitative estimate of drug-likeness (QED) is 0.884. The number of methoxy groups -OCH3 is 1. The fourth-order valence-electron chi connectivity index (χ4n) is 2.37. The average molecular weight is 316 g/mol. The maximum atomic E-state index is 12.4. The molecule has 0 spiro atoms. The van der Waals surface area contributed by atoms with Crippen molar-refractivity contribution in [2.45, 2.75) is 25.0 Å². The van der Waals surface area contributed by atoms with Crippen LogP contribution in [0.1, 0.15) is 23.3 Å². The largest absolute Gasteiger partial charge is 0.381 e. The molecular weight excluding hydrogens is 298 g/mol. The van der Waals surface area contributed by atoms with Gasteiger partial charge in [-0.3, -0.25) is 4.79 Å². The van der Waals surface area contributed by atoms with E-state index < -0.39 is 0 Å². The summed E-state index contributed by atoms with van der Waals surface area (Å²) in [7, 11) is 1.71. The van der Waals surface area contributed by atoms with E-state index in [0.717, 1.165) is 17.3 Å². The van der Waals surface area contributed by atoms with Crippen LogP contribution >= 0.6 is 15.9 Å². The Morgan fingerprint density at radius 3 is 3.06 bits per heavy atom. The van der Waals surface area contributed by atoms with Crippen molar-refractivity contribution >= 4 is 21.8 Å². The number of carbonyl (C=O) groups is 1. The molecule has 1 saturated heterocycles. The number of aromatic amines is 1. The number of rotatable bonds is 3. The zero-order valence-corrected chi connectivity index (χ0v) is 11.9. The van der Waals surface area contributed by atoms with Crippen LogP contribution in [0.4, 0.5) is 0 Å². The molecule has 1 aliphatic rings. The van der Waals surface area contributed by atoms with E-state index in [1.165, 1.54) is 0 Å². The normalized spacial score (nSPS) is 24.3. The minimum atomic E-state index is 0.00528. The lowest BCUT2D eigenvalue weighted by Crippen LogP contribution is -2.51. The number of hydrogen-bond donors (Lipinski definition) is 2. The Morgan fingerprint density at radius 2 is 2.50 bits per heavy atom. The molecule has 100 valence electrons. The summed E-state index contributed by atoms with van der Waals surface area (Å²) in [5, 5.41) is 0. The second kappa shape index (κ2) is 5.86. The molecule has 3 N–H and O–H groups in total. The average Bonchev–Trinajstić information content (AvgIpc) is 2.83. The summed E-state index contributed by atoms with van der Waals surface area (Å²) < 4.78 is 6.23. The highest BCUT2D eigenvalue weighted by molar-refractivity contribution is 9.10. The molecule has 0 bridgehead atoms. The van der Waals surface area contributed by atoms with E-state index in [1.807, 2.05) is 4.90 Å². The van der Waals surface area contributed by atoms with Gasteiger partial charge in [0.1, 0.15) is 5.69 Å². The van der Waals surface area contributed by atoms with Gasteiger partial charge in [0.2, 0.25) is 0 Å². The summed E-state index contributed by atoms with van der Waals surface area (Å²) in [6, 6.07) is 1.84. The van der Waals surface area contributed by atoms with Gasteiger partial charge in [0, 0.05) is 36.9 Å². The number of halogens is 1. The fraction of sp³-hybridized carbons (Fsp3) is 0.583. The summed E-state index contributed by atoms with van der Waals surface area (Å²) in [5.74, 6) is 0.00528. The number of nitrogens with zero attached hydrogens (tertiary/aromatic N) is 1. The zero-order chi connectivity index (χ0) is 13.1. The molecule has 2 rings (SSSR count). The molecule has 18 heavy (non-hydrogen) atoms. The molecule has 1 fully saturated rings. The molecule has 2 heterocycles. The van der Waals surface area contributed by atoms with Crippen molar-refractivity contribution in [3.05, 3.63) is 22.4 Å². The maximum absolute atomic E-state index is 12.4. The Kier molecular flexibility index (Phi) is 4.42. The summed E-state index contributed by atoms with van der Waals surface area (Å²) in [5.41, 5.74) is 6.36. The predicted molar refractivity (Wildman–Crippen MR) is 72.4 cm³/mol. The van der Waals surface area contributed by atoms with Crippen molar-refractivity contribution in [1.29, 1.82) is 0 Å². The topological polar surface area (TPSA) is 71.3 Å². The highest BCUT2D eigenvalue weighted by atomic mass is 79.9. The minimum Gasteiger partial charge on any atom is -0.381 e. The second-order valence-corrected chi connectivity index (χ2v) is 5.42. The van der Waals surface area contributed by atoms with Crippen molar-refractivity contribution < 1.29 is 9.53 Å². The lowest BCUT2D eigenvalue weighted by Gasteiger charge is -2.38. The molecule has 1 aromatic rings. The van der Waals surface area contributed by atoms with E-state index in [9.17, 15) is 4.79 Å². The Labute approximate surface area is 115 Å². The van der Waals surface area contributed by atoms with Crippen LogP contribution in [0, 0.1) is 0 Å². The van der Waals surface area contributed by atoms with E-state index >= 15 is 0 Å². The first-order chi connectivity index (χ1) is 8.65. The Morgan fingerprint density at radius 1 is 1.72 bits per heavy atom. The summed E-state index contributed by atoms with van der Waals surface area (Å²) in [6.07, 6.45) is 3.63. The third-order valence-electron chi connectivity index (χ3n) is 3.41. The van der Waals surface area contributed by atoms with Crippen molar-refractivity contribution in [3.8, 4) is 0 Å². The van der Waals surface area contributed by atoms with Gasteiger partial charge in [-0.1, -0.05) is 0 Å². The van der Waals surface area contributed by atoms with Gasteiger partial charge < -0.3 is 20.4 Å². The molecule has 0 radical (unpaired) electrons. The first-order valence-electron chi connectivity index (χ1n) is 6.03. The summed E-state index contributed by atoms with van der Waals surface area (Å²) in [4.78, 5) is 17.2. The lowest BCUT2D eigenvalue weighted by atomic mass is 9.99. The number of likely N-dealkylation sites (tertiary alicyclic amines) is 1. The SMILES string of the molecule is COC1CCN(C(=O)c2cc(Br)c[nH]2)C(CN)C1. The minimum absolute atomic E-state index is 0.00528. The number of nitrogens with two attached hydrogens (primary N) is 1. The van der Waals surface area contributed by atoms with Gasteiger partial charge in [-0.15, -0.1) is 0 Å². The molecule has 5 nitrogen and oxygen atoms in total. The first kappa shape index (κ1) is 13.6. The van der Waals surface area contributed by atoms with Crippen molar-refractivity contribution in [2.75, 3.05) is 20.2 Å². The van der Waals surface area contributed by atoms with Crippen LogP contribution in [0.5, 0.6) is 0 Å². The third kappa shape index (κ3) is 2.76. The molecule has 2 atom stereocenters. The van der Waals surface area contributed by atoms with E-state index in [-0.39, 0.29) is 18.1 Å². The van der Waals surface area contributed by atoms with Crippen LogP contribution in [0.25, 0.3) is 0 Å². The van der Waals surface area contributed by atoms with E-state index in [0.29, 0.717) is 18.8 Å². The van der Waals surface area contributed by atoms with Crippen LogP contribution < -0.4 is 5.73 Å². The van der Waals surface area contributed by atoms with Crippen LogP contribution in [0.15, 0.2) is 16.7 Å². The summed E-state index contributed by atoms with van der Waals surface area (Å²) in [6.45, 7) is 1.16. The Bertz CT molecular complexity index is 421. The van der Waals surface area contributed by atoms with Gasteiger partial charge in [0.15, 0.2) is 0 Å². The molecule has 1 aliphatic heterocycles. The van der Waals surface area contributed by atoms with Crippen LogP contribution in [0.2, 0.25) is 0 Å². The van der Waals surface area contributed by atoms with Crippen molar-refractivity contribution in [3.63, 3.8) is 0 Å². The molecule has 0 aliphatic carbocycles. The first-order valence-corrected chi connectivity index (χ1v) is 6.82. The predicted octanol–water partition coefficient (Wildman–Crippen LogP) is 1.36. The van der Waals surface area contributed by atoms with Gasteiger partial charge >= 0.3 is 0 Å². The number of H-pyrrole nitrogens is 1. The van der Waals surface area contributed by atoms with Gasteiger partial charge in [-0.05, 0) is 34.8 Å². The monoisotopic (exact) mass is 315 g/mol. The molecule has 1 aromatic heterocycles. The summed E-state index contributed by atoms with van der Waals surface area (Å²) >= 11 is 3.33. The third-order valence-corrected chi connectivity index (χ3v) is 3.87. The van der Waals surface area contributed by atoms with Crippen molar-refractivity contribution in [1.82, 2.24) is 9.88 Å². The van der Waals surface area contributed by atoms with Gasteiger partial charge in [0.05, 0.1) is 6.10 Å². The van der Waals surface area contributed by atoms with E-state index in [1.54, 1.807) is 19.4 Å². The number of ether oxygens (including phenoxy) is 1. The number of nitrogens with one attached hydrogen (secondary N) is 1. The van der Waals surface area contributed by atoms with Crippen LogP contribution in [-0.4, -0.2) is 48.1 Å². The molecule has 0 saturated carbocycles. The second-order valence-electron chi connectivity index (χ2n) is 4.50. The number of hydrogen-bond acceptors (Lipinski definition) is 3. The zero-order valence-electron chi connectivity index (χ0n) is 10.4. The molecule has 0 aromatic carbocycles. The molecule has 1 amide bonds. The highest BCUT2D eigenvalue weighted by Crippen LogP contribution is 2.22. The number of piperidine rings is 1. The van der Waals surface area contributed by atoms with E-state index in [2.05, 4.69) is 20.9 Å². The number of carbonyl (C=O) groups excluding carboxylic acids is 1. The van der Waals surface area contributed by atoms with Crippen LogP contribution in [-0.2, 0) is 4.74 Å². The maximum Gasteiger partial charge on any atom is 0.270 e. The van der Waals surface area contributed by atoms with Crippen molar-refractivity contribution in [2.24, 2.45) is 5.73 Å². The molecular formula is C12H18BrN3O2. The van der Waals surface area contributed by atoms with Gasteiger partial charge in [0.25, 0.3) is 5.91 Å². The standard InChI is InChI=1S/C12H18BrN3O2/c1-18-10-2-3-16(9(5-10)6-14)12(17)11-4-8(13)7-15-11/h4,7,9-10,15H,2-3,5-6,14H2,1H3. The number of aromatic nitrogens is 1. The van der Waals surface area contributed by atoms with Gasteiger partial charge in [-0.25, -0.2) is 0 Å². The highest BCUT2D eigenvalue weighted by Gasteiger charge is 2.31. The fourth-order valence-corrected chi connectivity index (χ4v) is 2.71. The Hall–Kier alpha value is -0.850. The number of amides is 1. The smallest absolute Gasteiger partial charge is 0.270 e.